The number of ether oxygens (including phenoxy) is 1. The van der Waals surface area contributed by atoms with Crippen LogP contribution in [0.4, 0.5) is 0 Å². The number of nitrogens with two attached hydrogens (primary N) is 1. The smallest absolute Gasteiger partial charge is 0.265 e. The number of carbonyl (C=O) groups is 1. The van der Waals surface area contributed by atoms with Crippen LogP contribution in [0.1, 0.15) is 10.4 Å². The second-order valence-electron chi connectivity index (χ2n) is 2.57. The summed E-state index contributed by atoms with van der Waals surface area (Å²) in [7, 11) is 0. The van der Waals surface area contributed by atoms with Crippen LogP contribution in [0.2, 0.25) is 0 Å². The van der Waals surface area contributed by atoms with Crippen LogP contribution in [0.3, 0.4) is 0 Å². The van der Waals surface area contributed by atoms with Gasteiger partial charge in [-0.2, -0.15) is 0 Å². The number of benzene rings is 1. The Bertz CT molecular complexity index is 297. The normalized spacial score (nSPS) is 9.57. The molecule has 0 saturated carbocycles. The number of aliphatic hydroxyl groups is 1. The minimum Gasteiger partial charge on any atom is -0.491 e. The lowest BCUT2D eigenvalue weighted by Crippen LogP contribution is -2.29. The molecule has 0 fully saturated rings. The first-order chi connectivity index (χ1) is 6.77. The van der Waals surface area contributed by atoms with Gasteiger partial charge in [-0.15, -0.1) is 0 Å². The lowest BCUT2D eigenvalue weighted by atomic mass is 10.2. The maximum Gasteiger partial charge on any atom is 0.265 e. The molecule has 0 aliphatic heterocycles. The fourth-order valence-corrected chi connectivity index (χ4v) is 0.949. The van der Waals surface area contributed by atoms with Crippen molar-refractivity contribution in [3.63, 3.8) is 0 Å². The lowest BCUT2D eigenvalue weighted by molar-refractivity contribution is 0.0953. The highest BCUT2D eigenvalue weighted by Crippen LogP contribution is 2.11. The molecule has 0 radical (unpaired) electrons. The molecular formula is C9H12N2O3. The number of nitrogens with one attached hydrogen (secondary N) is 1. The van der Waals surface area contributed by atoms with Crippen LogP contribution in [0, 0.1) is 0 Å². The van der Waals surface area contributed by atoms with E-state index in [1.807, 2.05) is 5.43 Å². The van der Waals surface area contributed by atoms with Gasteiger partial charge in [0.15, 0.2) is 0 Å². The van der Waals surface area contributed by atoms with Crippen LogP contribution >= 0.6 is 0 Å². The molecular weight excluding hydrogens is 184 g/mol. The number of nitrogen functional groups attached to an aromatic ring is 1. The summed E-state index contributed by atoms with van der Waals surface area (Å²) in [6.07, 6.45) is 0. The molecule has 0 heterocycles. The van der Waals surface area contributed by atoms with Crippen molar-refractivity contribution < 1.29 is 14.6 Å². The second kappa shape index (κ2) is 5.21. The van der Waals surface area contributed by atoms with E-state index in [9.17, 15) is 4.79 Å². The third-order valence-corrected chi connectivity index (χ3v) is 1.61. The zero-order chi connectivity index (χ0) is 10.4. The van der Waals surface area contributed by atoms with Crippen LogP contribution in [0.25, 0.3) is 0 Å². The van der Waals surface area contributed by atoms with E-state index in [4.69, 9.17) is 15.7 Å². The highest BCUT2D eigenvalue weighted by Gasteiger charge is 2.02. The molecule has 1 aromatic rings. The SMILES string of the molecule is NNC(=O)c1ccc(OCCO)cc1. The minimum atomic E-state index is -0.348. The Hall–Kier alpha value is -1.59. The molecule has 14 heavy (non-hydrogen) atoms. The van der Waals surface area contributed by atoms with Crippen molar-refractivity contribution in [3.05, 3.63) is 29.8 Å². The number of rotatable bonds is 4. The molecule has 0 saturated heterocycles. The molecule has 0 aromatic heterocycles. The molecule has 0 atom stereocenters. The summed E-state index contributed by atoms with van der Waals surface area (Å²) in [5.74, 6) is 5.21. The van der Waals surface area contributed by atoms with Gasteiger partial charge in [-0.1, -0.05) is 0 Å². The molecule has 5 nitrogen and oxygen atoms in total. The molecule has 1 aromatic carbocycles. The van der Waals surface area contributed by atoms with E-state index in [0.717, 1.165) is 0 Å². The Labute approximate surface area is 81.5 Å². The molecule has 1 rings (SSSR count). The van der Waals surface area contributed by atoms with Gasteiger partial charge in [-0.3, -0.25) is 10.2 Å². The van der Waals surface area contributed by atoms with Crippen LogP contribution < -0.4 is 16.0 Å². The van der Waals surface area contributed by atoms with Gasteiger partial charge in [-0.25, -0.2) is 5.84 Å². The maximum absolute atomic E-state index is 11.0. The summed E-state index contributed by atoms with van der Waals surface area (Å²) in [6, 6.07) is 6.46. The molecule has 0 aliphatic carbocycles. The predicted octanol–water partition coefficient (Wildman–Crippen LogP) is -0.339. The monoisotopic (exact) mass is 196 g/mol. The van der Waals surface area contributed by atoms with Gasteiger partial charge in [0.2, 0.25) is 0 Å². The quantitative estimate of drug-likeness (QED) is 0.349. The number of carbonyl (C=O) groups excluding carboxylic acids is 1. The zero-order valence-corrected chi connectivity index (χ0v) is 7.56. The van der Waals surface area contributed by atoms with E-state index in [1.54, 1.807) is 24.3 Å². The van der Waals surface area contributed by atoms with Crippen molar-refractivity contribution in [1.82, 2.24) is 5.43 Å². The van der Waals surface area contributed by atoms with Gasteiger partial charge < -0.3 is 9.84 Å². The molecule has 4 N–H and O–H groups in total. The number of hydrogen-bond donors (Lipinski definition) is 3. The van der Waals surface area contributed by atoms with Gasteiger partial charge in [0, 0.05) is 5.56 Å². The van der Waals surface area contributed by atoms with Gasteiger partial charge in [0.25, 0.3) is 5.91 Å². The number of hydrogen-bond acceptors (Lipinski definition) is 4. The summed E-state index contributed by atoms with van der Waals surface area (Å²) in [5, 5.41) is 8.50. The summed E-state index contributed by atoms with van der Waals surface area (Å²) in [6.45, 7) is 0.202. The fraction of sp³-hybridized carbons (Fsp3) is 0.222. The molecule has 1 amide bonds. The van der Waals surface area contributed by atoms with Gasteiger partial charge in [-0.05, 0) is 24.3 Å². The van der Waals surface area contributed by atoms with Gasteiger partial charge >= 0.3 is 0 Å². The molecule has 0 spiro atoms. The summed E-state index contributed by atoms with van der Waals surface area (Å²) >= 11 is 0. The third kappa shape index (κ3) is 2.72. The van der Waals surface area contributed by atoms with E-state index in [0.29, 0.717) is 11.3 Å². The predicted molar refractivity (Wildman–Crippen MR) is 50.7 cm³/mol. The van der Waals surface area contributed by atoms with Crippen molar-refractivity contribution in [2.75, 3.05) is 13.2 Å². The van der Waals surface area contributed by atoms with Crippen LogP contribution in [0.5, 0.6) is 5.75 Å². The maximum atomic E-state index is 11.0. The van der Waals surface area contributed by atoms with E-state index < -0.39 is 0 Å². The topological polar surface area (TPSA) is 84.6 Å². The highest BCUT2D eigenvalue weighted by atomic mass is 16.5. The Morgan fingerprint density at radius 3 is 2.57 bits per heavy atom. The Balaban J connectivity index is 2.63. The van der Waals surface area contributed by atoms with Crippen LogP contribution in [-0.4, -0.2) is 24.2 Å². The molecule has 5 heteroatoms. The standard InChI is InChI=1S/C9H12N2O3/c10-11-9(13)7-1-3-8(4-2-7)14-6-5-12/h1-4,12H,5-6,10H2,(H,11,13). The Kier molecular flexibility index (Phi) is 3.90. The van der Waals surface area contributed by atoms with Gasteiger partial charge in [0.05, 0.1) is 6.61 Å². The first kappa shape index (κ1) is 10.5. The number of aliphatic hydroxyl groups excluding tert-OH is 1. The van der Waals surface area contributed by atoms with Crippen molar-refractivity contribution in [1.29, 1.82) is 0 Å². The average Bonchev–Trinajstić information content (AvgIpc) is 2.26. The van der Waals surface area contributed by atoms with E-state index in [-0.39, 0.29) is 19.1 Å². The molecule has 0 aliphatic rings. The van der Waals surface area contributed by atoms with E-state index in [2.05, 4.69) is 0 Å². The minimum absolute atomic E-state index is 0.0367. The first-order valence-electron chi connectivity index (χ1n) is 4.12. The van der Waals surface area contributed by atoms with E-state index >= 15 is 0 Å². The zero-order valence-electron chi connectivity index (χ0n) is 7.56. The highest BCUT2D eigenvalue weighted by molar-refractivity contribution is 5.93. The summed E-state index contributed by atoms with van der Waals surface area (Å²) in [5.41, 5.74) is 2.49. The second-order valence-corrected chi connectivity index (χ2v) is 2.57. The van der Waals surface area contributed by atoms with Crippen molar-refractivity contribution in [2.45, 2.75) is 0 Å². The fourth-order valence-electron chi connectivity index (χ4n) is 0.949. The van der Waals surface area contributed by atoms with Crippen molar-refractivity contribution in [3.8, 4) is 5.75 Å². The molecule has 76 valence electrons. The number of amides is 1. The summed E-state index contributed by atoms with van der Waals surface area (Å²) < 4.78 is 5.11. The molecule has 0 bridgehead atoms. The van der Waals surface area contributed by atoms with Gasteiger partial charge in [0.1, 0.15) is 12.4 Å². The third-order valence-electron chi connectivity index (χ3n) is 1.61. The van der Waals surface area contributed by atoms with Crippen LogP contribution in [-0.2, 0) is 0 Å². The Morgan fingerprint density at radius 2 is 2.07 bits per heavy atom. The van der Waals surface area contributed by atoms with Crippen molar-refractivity contribution >= 4 is 5.91 Å². The first-order valence-corrected chi connectivity index (χ1v) is 4.12. The average molecular weight is 196 g/mol. The largest absolute Gasteiger partial charge is 0.491 e. The van der Waals surface area contributed by atoms with Crippen LogP contribution in [0.15, 0.2) is 24.3 Å². The molecule has 0 unspecified atom stereocenters. The van der Waals surface area contributed by atoms with E-state index in [1.165, 1.54) is 0 Å². The Morgan fingerprint density at radius 1 is 1.43 bits per heavy atom. The number of hydrazine groups is 1. The lowest BCUT2D eigenvalue weighted by Gasteiger charge is -2.04. The van der Waals surface area contributed by atoms with Crippen molar-refractivity contribution in [2.24, 2.45) is 5.84 Å². The summed E-state index contributed by atoms with van der Waals surface area (Å²) in [4.78, 5) is 11.0.